The van der Waals surface area contributed by atoms with Crippen LogP contribution in [0.25, 0.3) is 22.0 Å². The summed E-state index contributed by atoms with van der Waals surface area (Å²) >= 11 is 0. The lowest BCUT2D eigenvalue weighted by molar-refractivity contribution is 0.414. The molecule has 0 bridgehead atoms. The zero-order valence-electron chi connectivity index (χ0n) is 18.2. The molecule has 0 fully saturated rings. The van der Waals surface area contributed by atoms with Gasteiger partial charge in [-0.05, 0) is 55.3 Å². The molecule has 6 nitrogen and oxygen atoms in total. The molecule has 0 radical (unpaired) electrons. The standard InChI is InChI=1S/C25H25FN4O2/c1-15(2)30-23-12-24(28-13-16-4-7-19(32-3)8-5-16)29-14-18(23)10-20(25(30)31)17-6-9-21(26)22(27)11-17/h4-12,14-15H,13,27H2,1-3H3,(H,28,29). The average Bonchev–Trinajstić information content (AvgIpc) is 2.79. The van der Waals surface area contributed by atoms with E-state index in [1.165, 1.54) is 12.1 Å². The number of nitrogens with one attached hydrogen (secondary N) is 1. The molecular formula is C25H25FN4O2. The number of benzene rings is 2. The molecule has 32 heavy (non-hydrogen) atoms. The molecule has 0 aliphatic rings. The van der Waals surface area contributed by atoms with Crippen LogP contribution in [0.5, 0.6) is 5.75 Å². The van der Waals surface area contributed by atoms with Crippen molar-refractivity contribution >= 4 is 22.4 Å². The molecule has 0 aliphatic heterocycles. The molecule has 0 spiro atoms. The van der Waals surface area contributed by atoms with E-state index >= 15 is 0 Å². The van der Waals surface area contributed by atoms with Gasteiger partial charge in [-0.1, -0.05) is 18.2 Å². The molecule has 7 heteroatoms. The number of ether oxygens (including phenoxy) is 1. The summed E-state index contributed by atoms with van der Waals surface area (Å²) in [5, 5.41) is 4.12. The van der Waals surface area contributed by atoms with Crippen molar-refractivity contribution < 1.29 is 9.13 Å². The van der Waals surface area contributed by atoms with E-state index in [0.29, 0.717) is 23.5 Å². The number of nitrogens with zero attached hydrogens (tertiary/aromatic N) is 2. The van der Waals surface area contributed by atoms with E-state index in [-0.39, 0.29) is 17.3 Å². The molecule has 2 aromatic carbocycles. The van der Waals surface area contributed by atoms with E-state index in [2.05, 4.69) is 10.3 Å². The van der Waals surface area contributed by atoms with Crippen LogP contribution in [0.2, 0.25) is 0 Å². The number of hydrogen-bond acceptors (Lipinski definition) is 5. The summed E-state index contributed by atoms with van der Waals surface area (Å²) < 4.78 is 20.5. The van der Waals surface area contributed by atoms with Crippen molar-refractivity contribution in [2.75, 3.05) is 18.2 Å². The molecule has 0 saturated carbocycles. The lowest BCUT2D eigenvalue weighted by Crippen LogP contribution is -2.24. The lowest BCUT2D eigenvalue weighted by atomic mass is 10.0. The summed E-state index contributed by atoms with van der Waals surface area (Å²) in [7, 11) is 1.64. The highest BCUT2D eigenvalue weighted by atomic mass is 19.1. The van der Waals surface area contributed by atoms with Crippen LogP contribution >= 0.6 is 0 Å². The van der Waals surface area contributed by atoms with Gasteiger partial charge in [0.25, 0.3) is 5.56 Å². The number of methoxy groups -OCH3 is 1. The van der Waals surface area contributed by atoms with Crippen molar-refractivity contribution in [2.24, 2.45) is 0 Å². The van der Waals surface area contributed by atoms with Crippen molar-refractivity contribution in [2.45, 2.75) is 26.4 Å². The monoisotopic (exact) mass is 432 g/mol. The smallest absolute Gasteiger partial charge is 0.259 e. The first-order valence-electron chi connectivity index (χ1n) is 10.3. The highest BCUT2D eigenvalue weighted by Gasteiger charge is 2.15. The molecule has 4 rings (SSSR count). The Morgan fingerprint density at radius 1 is 1.12 bits per heavy atom. The SMILES string of the molecule is COc1ccc(CNc2cc3c(cn2)cc(-c2ccc(F)c(N)c2)c(=O)n3C(C)C)cc1. The van der Waals surface area contributed by atoms with Crippen molar-refractivity contribution in [3.63, 3.8) is 0 Å². The summed E-state index contributed by atoms with van der Waals surface area (Å²) in [4.78, 5) is 17.9. The first kappa shape index (κ1) is 21.4. The highest BCUT2D eigenvalue weighted by Crippen LogP contribution is 2.26. The van der Waals surface area contributed by atoms with Crippen LogP contribution < -0.4 is 21.3 Å². The third-order valence-corrected chi connectivity index (χ3v) is 5.38. The molecule has 3 N–H and O–H groups in total. The van der Waals surface area contributed by atoms with Gasteiger partial charge in [-0.15, -0.1) is 0 Å². The summed E-state index contributed by atoms with van der Waals surface area (Å²) in [5.74, 6) is 0.964. The summed E-state index contributed by atoms with van der Waals surface area (Å²) in [6.07, 6.45) is 1.74. The quantitative estimate of drug-likeness (QED) is 0.420. The van der Waals surface area contributed by atoms with Crippen molar-refractivity contribution in [3.05, 3.63) is 82.5 Å². The Labute approximate surface area is 185 Å². The first-order chi connectivity index (χ1) is 15.4. The minimum absolute atomic E-state index is 0.00861. The van der Waals surface area contributed by atoms with Gasteiger partial charge in [0.1, 0.15) is 17.4 Å². The molecule has 0 amide bonds. The predicted molar refractivity (Wildman–Crippen MR) is 127 cm³/mol. The number of aromatic nitrogens is 2. The number of rotatable bonds is 6. The first-order valence-corrected chi connectivity index (χ1v) is 10.3. The highest BCUT2D eigenvalue weighted by molar-refractivity contribution is 5.85. The summed E-state index contributed by atoms with van der Waals surface area (Å²) in [6, 6.07) is 15.7. The van der Waals surface area contributed by atoms with Crippen LogP contribution in [0.4, 0.5) is 15.9 Å². The maximum Gasteiger partial charge on any atom is 0.259 e. The predicted octanol–water partition coefficient (Wildman–Crippen LogP) is 4.99. The van der Waals surface area contributed by atoms with E-state index in [4.69, 9.17) is 10.5 Å². The van der Waals surface area contributed by atoms with Gasteiger partial charge < -0.3 is 20.4 Å². The molecule has 0 aliphatic carbocycles. The Morgan fingerprint density at radius 2 is 1.88 bits per heavy atom. The number of fused-ring (bicyclic) bond motifs is 1. The van der Waals surface area contributed by atoms with Gasteiger partial charge in [-0.3, -0.25) is 4.79 Å². The molecule has 164 valence electrons. The third kappa shape index (κ3) is 4.14. The maximum atomic E-state index is 13.6. The Bertz CT molecular complexity index is 1330. The van der Waals surface area contributed by atoms with Gasteiger partial charge in [0, 0.05) is 35.8 Å². The Hall–Kier alpha value is -3.87. The van der Waals surface area contributed by atoms with Gasteiger partial charge in [-0.25, -0.2) is 9.37 Å². The van der Waals surface area contributed by atoms with Crippen LogP contribution in [0.3, 0.4) is 0 Å². The minimum atomic E-state index is -0.507. The molecule has 0 unspecified atom stereocenters. The van der Waals surface area contributed by atoms with Crippen LogP contribution in [0, 0.1) is 5.82 Å². The van der Waals surface area contributed by atoms with E-state index in [9.17, 15) is 9.18 Å². The van der Waals surface area contributed by atoms with Crippen molar-refractivity contribution in [1.82, 2.24) is 9.55 Å². The van der Waals surface area contributed by atoms with E-state index in [1.807, 2.05) is 44.2 Å². The van der Waals surface area contributed by atoms with Crippen LogP contribution in [-0.4, -0.2) is 16.7 Å². The fourth-order valence-corrected chi connectivity index (χ4v) is 3.70. The molecular weight excluding hydrogens is 407 g/mol. The molecule has 4 aromatic rings. The largest absolute Gasteiger partial charge is 0.497 e. The van der Waals surface area contributed by atoms with Crippen LogP contribution in [-0.2, 0) is 6.54 Å². The van der Waals surface area contributed by atoms with Gasteiger partial charge in [0.05, 0.1) is 18.3 Å². The second-order valence-corrected chi connectivity index (χ2v) is 7.89. The number of anilines is 2. The number of pyridine rings is 2. The third-order valence-electron chi connectivity index (χ3n) is 5.38. The van der Waals surface area contributed by atoms with E-state index < -0.39 is 5.82 Å². The Balaban J connectivity index is 1.73. The fourth-order valence-electron chi connectivity index (χ4n) is 3.70. The number of nitrogens with two attached hydrogens (primary N) is 1. The van der Waals surface area contributed by atoms with Crippen molar-refractivity contribution in [1.29, 1.82) is 0 Å². The van der Waals surface area contributed by atoms with Gasteiger partial charge >= 0.3 is 0 Å². The summed E-state index contributed by atoms with van der Waals surface area (Å²) in [5.41, 5.74) is 8.46. The molecule has 0 atom stereocenters. The average molecular weight is 432 g/mol. The second kappa shape index (κ2) is 8.70. The van der Waals surface area contributed by atoms with Gasteiger partial charge in [0.2, 0.25) is 0 Å². The zero-order valence-corrected chi connectivity index (χ0v) is 18.2. The van der Waals surface area contributed by atoms with E-state index in [0.717, 1.165) is 22.2 Å². The number of hydrogen-bond donors (Lipinski definition) is 2. The van der Waals surface area contributed by atoms with Crippen LogP contribution in [0.15, 0.2) is 65.6 Å². The molecule has 2 aromatic heterocycles. The van der Waals surface area contributed by atoms with Crippen molar-refractivity contribution in [3.8, 4) is 16.9 Å². The number of halogens is 1. The lowest BCUT2D eigenvalue weighted by Gasteiger charge is -2.17. The zero-order chi connectivity index (χ0) is 22.8. The fraction of sp³-hybridized carbons (Fsp3) is 0.200. The normalized spacial score (nSPS) is 11.2. The van der Waals surface area contributed by atoms with Gasteiger partial charge in [0.15, 0.2) is 0 Å². The molecule has 2 heterocycles. The Kier molecular flexibility index (Phi) is 5.81. The maximum absolute atomic E-state index is 13.6. The second-order valence-electron chi connectivity index (χ2n) is 7.89. The number of nitrogen functional groups attached to an aromatic ring is 1. The molecule has 0 saturated heterocycles. The Morgan fingerprint density at radius 3 is 2.53 bits per heavy atom. The topological polar surface area (TPSA) is 82.2 Å². The van der Waals surface area contributed by atoms with E-state index in [1.54, 1.807) is 30.0 Å². The van der Waals surface area contributed by atoms with Crippen LogP contribution in [0.1, 0.15) is 25.5 Å². The summed E-state index contributed by atoms with van der Waals surface area (Å²) in [6.45, 7) is 4.49. The minimum Gasteiger partial charge on any atom is -0.497 e. The van der Waals surface area contributed by atoms with Gasteiger partial charge in [-0.2, -0.15) is 0 Å².